The van der Waals surface area contributed by atoms with E-state index < -0.39 is 0 Å². The number of hydrogen-bond acceptors (Lipinski definition) is 1. The second kappa shape index (κ2) is 2.74. The highest BCUT2D eigenvalue weighted by Crippen LogP contribution is 2.23. The molecule has 0 aliphatic rings. The molecule has 0 amide bonds. The first-order valence-corrected chi connectivity index (χ1v) is 3.25. The molecular weight excluding hydrogens is 143 g/mol. The lowest BCUT2D eigenvalue weighted by Crippen LogP contribution is -1.81. The van der Waals surface area contributed by atoms with Crippen molar-refractivity contribution in [1.82, 2.24) is 0 Å². The summed E-state index contributed by atoms with van der Waals surface area (Å²) in [5.41, 5.74) is 1.12. The Bertz CT molecular complexity index is 292. The fourth-order valence-corrected chi connectivity index (χ4v) is 0.850. The van der Waals surface area contributed by atoms with Crippen molar-refractivity contribution in [2.24, 2.45) is 0 Å². The maximum Gasteiger partial charge on any atom is 0.124 e. The largest absolute Gasteiger partial charge is 0.507 e. The smallest absolute Gasteiger partial charge is 0.124 e. The van der Waals surface area contributed by atoms with Gasteiger partial charge in [0.05, 0.1) is 0 Å². The van der Waals surface area contributed by atoms with Crippen molar-refractivity contribution in [1.29, 1.82) is 0 Å². The minimum absolute atomic E-state index is 0.0684. The number of hydrogen-bond donors (Lipinski definition) is 1. The van der Waals surface area contributed by atoms with Crippen molar-refractivity contribution in [2.75, 3.05) is 0 Å². The van der Waals surface area contributed by atoms with Crippen LogP contribution in [0.15, 0.2) is 24.8 Å². The molecule has 58 valence electrons. The first-order valence-electron chi connectivity index (χ1n) is 3.25. The van der Waals surface area contributed by atoms with Gasteiger partial charge in [-0.25, -0.2) is 4.39 Å². The monoisotopic (exact) mass is 152 g/mol. The zero-order valence-corrected chi connectivity index (χ0v) is 6.26. The van der Waals surface area contributed by atoms with Crippen LogP contribution in [0.2, 0.25) is 0 Å². The van der Waals surface area contributed by atoms with Gasteiger partial charge < -0.3 is 5.11 Å². The van der Waals surface area contributed by atoms with Crippen molar-refractivity contribution in [3.63, 3.8) is 0 Å². The maximum absolute atomic E-state index is 12.6. The highest BCUT2D eigenvalue weighted by molar-refractivity contribution is 5.66. The lowest BCUT2D eigenvalue weighted by Gasteiger charge is -2.01. The number of rotatable bonds is 1. The molecular formula is C9H9FO. The fourth-order valence-electron chi connectivity index (χ4n) is 0.850. The van der Waals surface area contributed by atoms with Gasteiger partial charge in [-0.1, -0.05) is 6.58 Å². The molecule has 0 aromatic heterocycles. The molecule has 1 aromatic rings. The third-order valence-electron chi connectivity index (χ3n) is 1.42. The molecule has 0 radical (unpaired) electrons. The van der Waals surface area contributed by atoms with Gasteiger partial charge in [0, 0.05) is 5.56 Å². The molecule has 1 aromatic carbocycles. The van der Waals surface area contributed by atoms with Crippen LogP contribution in [0.25, 0.3) is 5.57 Å². The zero-order chi connectivity index (χ0) is 8.43. The van der Waals surface area contributed by atoms with Crippen molar-refractivity contribution < 1.29 is 9.50 Å². The Morgan fingerprint density at radius 1 is 1.55 bits per heavy atom. The van der Waals surface area contributed by atoms with Crippen molar-refractivity contribution in [2.45, 2.75) is 6.92 Å². The normalized spacial score (nSPS) is 9.64. The molecule has 1 nitrogen and oxygen atoms in total. The van der Waals surface area contributed by atoms with Gasteiger partial charge in [0.15, 0.2) is 0 Å². The molecule has 0 aliphatic carbocycles. The van der Waals surface area contributed by atoms with E-state index in [1.165, 1.54) is 18.2 Å². The summed E-state index contributed by atoms with van der Waals surface area (Å²) in [6, 6.07) is 3.79. The number of phenolic OH excluding ortho intramolecular Hbond substituents is 1. The molecule has 2 heteroatoms. The molecule has 0 saturated carbocycles. The van der Waals surface area contributed by atoms with Crippen LogP contribution >= 0.6 is 0 Å². The molecule has 0 heterocycles. The third kappa shape index (κ3) is 1.58. The standard InChI is InChI=1S/C9H9FO/c1-6(2)8-5-7(10)3-4-9(8)11/h3-5,11H,1H2,2H3. The van der Waals surface area contributed by atoms with Crippen LogP contribution in [0.5, 0.6) is 5.75 Å². The van der Waals surface area contributed by atoms with Crippen LogP contribution in [0.4, 0.5) is 4.39 Å². The second-order valence-electron chi connectivity index (χ2n) is 2.44. The SMILES string of the molecule is C=C(C)c1cc(F)ccc1O. The highest BCUT2D eigenvalue weighted by atomic mass is 19.1. The summed E-state index contributed by atoms with van der Waals surface area (Å²) < 4.78 is 12.6. The Morgan fingerprint density at radius 2 is 2.18 bits per heavy atom. The highest BCUT2D eigenvalue weighted by Gasteiger charge is 2.01. The fraction of sp³-hybridized carbons (Fsp3) is 0.111. The Hall–Kier alpha value is -1.31. The van der Waals surface area contributed by atoms with E-state index in [9.17, 15) is 9.50 Å². The van der Waals surface area contributed by atoms with Gasteiger partial charge in [-0.15, -0.1) is 0 Å². The van der Waals surface area contributed by atoms with Crippen molar-refractivity contribution >= 4 is 5.57 Å². The van der Waals surface area contributed by atoms with Gasteiger partial charge in [0.25, 0.3) is 0 Å². The quantitative estimate of drug-likeness (QED) is 0.655. The Balaban J connectivity index is 3.23. The van der Waals surface area contributed by atoms with Gasteiger partial charge in [-0.3, -0.25) is 0 Å². The van der Waals surface area contributed by atoms with Gasteiger partial charge in [0.2, 0.25) is 0 Å². The zero-order valence-electron chi connectivity index (χ0n) is 6.26. The lowest BCUT2D eigenvalue weighted by molar-refractivity contribution is 0.471. The summed E-state index contributed by atoms with van der Waals surface area (Å²) in [5, 5.41) is 9.18. The van der Waals surface area contributed by atoms with Gasteiger partial charge in [0.1, 0.15) is 11.6 Å². The summed E-state index contributed by atoms with van der Waals surface area (Å²) in [5.74, 6) is -0.292. The van der Waals surface area contributed by atoms with Gasteiger partial charge in [-0.2, -0.15) is 0 Å². The number of aromatic hydroxyl groups is 1. The van der Waals surface area contributed by atoms with E-state index in [0.717, 1.165) is 0 Å². The van der Waals surface area contributed by atoms with Crippen LogP contribution in [-0.4, -0.2) is 5.11 Å². The molecule has 0 fully saturated rings. The Kier molecular flexibility index (Phi) is 1.94. The van der Waals surface area contributed by atoms with E-state index in [4.69, 9.17) is 0 Å². The van der Waals surface area contributed by atoms with Crippen LogP contribution in [-0.2, 0) is 0 Å². The van der Waals surface area contributed by atoms with Crippen LogP contribution in [0.1, 0.15) is 12.5 Å². The molecule has 0 saturated heterocycles. The van der Waals surface area contributed by atoms with Crippen LogP contribution in [0.3, 0.4) is 0 Å². The minimum atomic E-state index is -0.360. The maximum atomic E-state index is 12.6. The van der Waals surface area contributed by atoms with Gasteiger partial charge in [-0.05, 0) is 30.7 Å². The molecule has 0 aliphatic heterocycles. The van der Waals surface area contributed by atoms with Crippen molar-refractivity contribution in [3.8, 4) is 5.75 Å². The van der Waals surface area contributed by atoms with Crippen LogP contribution < -0.4 is 0 Å². The Labute approximate surface area is 64.8 Å². The summed E-state index contributed by atoms with van der Waals surface area (Å²) >= 11 is 0. The summed E-state index contributed by atoms with van der Waals surface area (Å²) in [7, 11) is 0. The minimum Gasteiger partial charge on any atom is -0.507 e. The van der Waals surface area contributed by atoms with E-state index in [1.54, 1.807) is 6.92 Å². The molecule has 0 atom stereocenters. The van der Waals surface area contributed by atoms with Gasteiger partial charge >= 0.3 is 0 Å². The molecule has 11 heavy (non-hydrogen) atoms. The van der Waals surface area contributed by atoms with E-state index >= 15 is 0 Å². The molecule has 0 spiro atoms. The lowest BCUT2D eigenvalue weighted by atomic mass is 10.1. The number of benzene rings is 1. The number of allylic oxidation sites excluding steroid dienone is 1. The molecule has 0 unspecified atom stereocenters. The number of halogens is 1. The van der Waals surface area contributed by atoms with Crippen LogP contribution in [0, 0.1) is 5.82 Å². The molecule has 1 N–H and O–H groups in total. The van der Waals surface area contributed by atoms with Crippen molar-refractivity contribution in [3.05, 3.63) is 36.2 Å². The first kappa shape index (κ1) is 7.79. The van der Waals surface area contributed by atoms with E-state index in [-0.39, 0.29) is 11.6 Å². The van der Waals surface area contributed by atoms with E-state index in [0.29, 0.717) is 11.1 Å². The summed E-state index contributed by atoms with van der Waals surface area (Å²) in [6.45, 7) is 5.32. The first-order chi connectivity index (χ1) is 5.11. The average molecular weight is 152 g/mol. The third-order valence-corrected chi connectivity index (χ3v) is 1.42. The summed E-state index contributed by atoms with van der Waals surface area (Å²) in [4.78, 5) is 0. The topological polar surface area (TPSA) is 20.2 Å². The predicted molar refractivity (Wildman–Crippen MR) is 42.8 cm³/mol. The molecule has 1 rings (SSSR count). The predicted octanol–water partition coefficient (Wildman–Crippen LogP) is 2.56. The van der Waals surface area contributed by atoms with E-state index in [1.807, 2.05) is 0 Å². The summed E-state index contributed by atoms with van der Waals surface area (Å²) in [6.07, 6.45) is 0. The number of phenols is 1. The second-order valence-corrected chi connectivity index (χ2v) is 2.44. The Morgan fingerprint density at radius 3 is 2.64 bits per heavy atom. The molecule has 0 bridgehead atoms. The van der Waals surface area contributed by atoms with E-state index in [2.05, 4.69) is 6.58 Å². The average Bonchev–Trinajstić information content (AvgIpc) is 1.94.